The van der Waals surface area contributed by atoms with Crippen LogP contribution in [-0.4, -0.2) is 54.2 Å². The van der Waals surface area contributed by atoms with Crippen molar-refractivity contribution >= 4 is 0 Å². The Morgan fingerprint density at radius 1 is 0.958 bits per heavy atom. The number of phenolic OH excluding ortho intramolecular Hbond substituents is 1. The van der Waals surface area contributed by atoms with Crippen LogP contribution in [-0.2, 0) is 5.41 Å². The zero-order chi connectivity index (χ0) is 16.8. The second-order valence-corrected chi connectivity index (χ2v) is 7.82. The lowest BCUT2D eigenvalue weighted by molar-refractivity contribution is 0.164. The van der Waals surface area contributed by atoms with Crippen LogP contribution >= 0.6 is 0 Å². The van der Waals surface area contributed by atoms with Gasteiger partial charge in [-0.3, -0.25) is 0 Å². The van der Waals surface area contributed by atoms with Crippen molar-refractivity contribution in [2.45, 2.75) is 57.3 Å². The minimum atomic E-state index is 0.205. The number of likely N-dealkylation sites (tertiary alicyclic amines) is 2. The Balaban J connectivity index is 1.68. The maximum atomic E-state index is 9.94. The summed E-state index contributed by atoms with van der Waals surface area (Å²) in [6, 6.07) is 8.01. The molecule has 0 aromatic heterocycles. The largest absolute Gasteiger partial charge is 0.508 e. The first kappa shape index (κ1) is 17.8. The van der Waals surface area contributed by atoms with Crippen molar-refractivity contribution in [2.24, 2.45) is 0 Å². The number of hydrogen-bond acceptors (Lipinski definition) is 3. The summed E-state index contributed by atoms with van der Waals surface area (Å²) in [5.74, 6) is 0.407. The molecule has 3 heteroatoms. The van der Waals surface area contributed by atoms with Crippen molar-refractivity contribution in [1.82, 2.24) is 9.80 Å². The second kappa shape index (κ2) is 8.35. The third-order valence-corrected chi connectivity index (χ3v) is 6.22. The highest BCUT2D eigenvalue weighted by Crippen LogP contribution is 2.37. The van der Waals surface area contributed by atoms with Crippen molar-refractivity contribution in [3.8, 4) is 5.75 Å². The summed E-state index contributed by atoms with van der Waals surface area (Å²) in [6.07, 6.45) is 9.16. The van der Waals surface area contributed by atoms with Crippen LogP contribution in [0.5, 0.6) is 5.75 Å². The average molecular weight is 331 g/mol. The van der Waals surface area contributed by atoms with Gasteiger partial charge in [0, 0.05) is 25.0 Å². The molecule has 1 atom stereocenters. The molecule has 1 unspecified atom stereocenters. The minimum absolute atomic E-state index is 0.205. The summed E-state index contributed by atoms with van der Waals surface area (Å²) in [4.78, 5) is 5.34. The molecule has 1 N–H and O–H groups in total. The van der Waals surface area contributed by atoms with E-state index in [0.29, 0.717) is 5.75 Å². The molecule has 3 rings (SSSR count). The molecule has 2 aliphatic rings. The summed E-state index contributed by atoms with van der Waals surface area (Å²) in [5, 5.41) is 9.94. The Hall–Kier alpha value is -1.06. The van der Waals surface area contributed by atoms with Gasteiger partial charge >= 0.3 is 0 Å². The fraction of sp³-hybridized carbons (Fsp3) is 0.714. The first-order valence-electron chi connectivity index (χ1n) is 9.96. The molecular formula is C21H34N2O. The number of rotatable bonds is 5. The highest BCUT2D eigenvalue weighted by Gasteiger charge is 2.34. The van der Waals surface area contributed by atoms with E-state index in [9.17, 15) is 5.11 Å². The number of benzene rings is 1. The van der Waals surface area contributed by atoms with E-state index in [1.54, 1.807) is 6.07 Å². The fourth-order valence-corrected chi connectivity index (χ4v) is 4.61. The van der Waals surface area contributed by atoms with Crippen LogP contribution in [0.1, 0.15) is 57.4 Å². The zero-order valence-electron chi connectivity index (χ0n) is 15.3. The Morgan fingerprint density at radius 2 is 1.67 bits per heavy atom. The number of piperidine rings is 1. The highest BCUT2D eigenvalue weighted by molar-refractivity contribution is 5.33. The molecule has 0 saturated carbocycles. The fourth-order valence-electron chi connectivity index (χ4n) is 4.61. The van der Waals surface area contributed by atoms with Crippen LogP contribution in [0.25, 0.3) is 0 Å². The summed E-state index contributed by atoms with van der Waals surface area (Å²) in [6.45, 7) is 9.69. The van der Waals surface area contributed by atoms with Crippen LogP contribution in [0, 0.1) is 0 Å². The standard InChI is InChI=1S/C21H34N2O/c1-2-21(19-9-8-10-20(24)17-19)11-4-7-14-23(18-21)16-15-22-12-5-3-6-13-22/h8-10,17,24H,2-7,11-16,18H2,1H3. The second-order valence-electron chi connectivity index (χ2n) is 7.82. The van der Waals surface area contributed by atoms with E-state index in [0.717, 1.165) is 13.0 Å². The van der Waals surface area contributed by atoms with Crippen molar-refractivity contribution in [1.29, 1.82) is 0 Å². The van der Waals surface area contributed by atoms with Crippen molar-refractivity contribution in [3.63, 3.8) is 0 Å². The first-order chi connectivity index (χ1) is 11.7. The maximum Gasteiger partial charge on any atom is 0.115 e. The molecular weight excluding hydrogens is 296 g/mol. The van der Waals surface area contributed by atoms with Gasteiger partial charge in [-0.05, 0) is 69.4 Å². The van der Waals surface area contributed by atoms with Gasteiger partial charge in [-0.15, -0.1) is 0 Å². The molecule has 2 fully saturated rings. The van der Waals surface area contributed by atoms with Crippen molar-refractivity contribution in [2.75, 3.05) is 39.3 Å². The summed E-state index contributed by atoms with van der Waals surface area (Å²) in [7, 11) is 0. The van der Waals surface area contributed by atoms with E-state index in [2.05, 4.69) is 22.8 Å². The Kier molecular flexibility index (Phi) is 6.18. The van der Waals surface area contributed by atoms with Gasteiger partial charge in [0.05, 0.1) is 0 Å². The van der Waals surface area contributed by atoms with Gasteiger partial charge in [0.1, 0.15) is 5.75 Å². The van der Waals surface area contributed by atoms with E-state index in [1.165, 1.54) is 76.8 Å². The van der Waals surface area contributed by atoms with Gasteiger partial charge in [-0.1, -0.05) is 31.9 Å². The quantitative estimate of drug-likeness (QED) is 0.883. The molecule has 1 aromatic carbocycles. The van der Waals surface area contributed by atoms with Crippen molar-refractivity contribution < 1.29 is 5.11 Å². The number of phenols is 1. The molecule has 134 valence electrons. The Labute approximate surface area is 147 Å². The Morgan fingerprint density at radius 3 is 2.42 bits per heavy atom. The molecule has 0 amide bonds. The molecule has 2 heterocycles. The van der Waals surface area contributed by atoms with Crippen LogP contribution in [0.3, 0.4) is 0 Å². The zero-order valence-corrected chi connectivity index (χ0v) is 15.3. The van der Waals surface area contributed by atoms with E-state index in [-0.39, 0.29) is 5.41 Å². The molecule has 3 nitrogen and oxygen atoms in total. The van der Waals surface area contributed by atoms with E-state index < -0.39 is 0 Å². The summed E-state index contributed by atoms with van der Waals surface area (Å²) < 4.78 is 0. The SMILES string of the molecule is CCC1(c2cccc(O)c2)CCCCN(CCN2CCCCC2)C1. The van der Waals surface area contributed by atoms with Crippen molar-refractivity contribution in [3.05, 3.63) is 29.8 Å². The summed E-state index contributed by atoms with van der Waals surface area (Å²) in [5.41, 5.74) is 1.53. The number of aromatic hydroxyl groups is 1. The monoisotopic (exact) mass is 330 g/mol. The van der Waals surface area contributed by atoms with Crippen LogP contribution in [0.4, 0.5) is 0 Å². The first-order valence-corrected chi connectivity index (χ1v) is 9.96. The predicted octanol–water partition coefficient (Wildman–Crippen LogP) is 4.01. The lowest BCUT2D eigenvalue weighted by atomic mass is 9.74. The molecule has 2 saturated heterocycles. The molecule has 2 aliphatic heterocycles. The lowest BCUT2D eigenvalue weighted by Crippen LogP contribution is -2.43. The smallest absolute Gasteiger partial charge is 0.115 e. The van der Waals surface area contributed by atoms with Crippen LogP contribution in [0.15, 0.2) is 24.3 Å². The van der Waals surface area contributed by atoms with Gasteiger partial charge in [0.2, 0.25) is 0 Å². The van der Waals surface area contributed by atoms with Gasteiger partial charge in [-0.2, -0.15) is 0 Å². The molecule has 0 aliphatic carbocycles. The molecule has 1 aromatic rings. The third kappa shape index (κ3) is 4.31. The van der Waals surface area contributed by atoms with Gasteiger partial charge in [0.25, 0.3) is 0 Å². The summed E-state index contributed by atoms with van der Waals surface area (Å²) >= 11 is 0. The van der Waals surface area contributed by atoms with Gasteiger partial charge < -0.3 is 14.9 Å². The van der Waals surface area contributed by atoms with Crippen LogP contribution < -0.4 is 0 Å². The Bertz CT molecular complexity index is 512. The number of hydrogen-bond donors (Lipinski definition) is 1. The lowest BCUT2D eigenvalue weighted by Gasteiger charge is -2.37. The van der Waals surface area contributed by atoms with E-state index >= 15 is 0 Å². The molecule has 0 bridgehead atoms. The maximum absolute atomic E-state index is 9.94. The van der Waals surface area contributed by atoms with Gasteiger partial charge in [0.15, 0.2) is 0 Å². The minimum Gasteiger partial charge on any atom is -0.508 e. The topological polar surface area (TPSA) is 26.7 Å². The predicted molar refractivity (Wildman–Crippen MR) is 101 cm³/mol. The molecule has 24 heavy (non-hydrogen) atoms. The molecule has 0 spiro atoms. The number of nitrogens with zero attached hydrogens (tertiary/aromatic N) is 2. The normalized spacial score (nSPS) is 27.0. The van der Waals surface area contributed by atoms with Gasteiger partial charge in [-0.25, -0.2) is 0 Å². The highest BCUT2D eigenvalue weighted by atomic mass is 16.3. The third-order valence-electron chi connectivity index (χ3n) is 6.22. The molecule has 0 radical (unpaired) electrons. The van der Waals surface area contributed by atoms with E-state index in [1.807, 2.05) is 12.1 Å². The van der Waals surface area contributed by atoms with Crippen LogP contribution in [0.2, 0.25) is 0 Å². The average Bonchev–Trinajstić information content (AvgIpc) is 2.84. The van der Waals surface area contributed by atoms with E-state index in [4.69, 9.17) is 0 Å².